The van der Waals surface area contributed by atoms with Crippen LogP contribution in [0, 0.1) is 11.3 Å². The molecule has 0 aliphatic carbocycles. The van der Waals surface area contributed by atoms with Crippen LogP contribution in [0.5, 0.6) is 0 Å². The van der Waals surface area contributed by atoms with Crippen LogP contribution in [0.25, 0.3) is 0 Å². The van der Waals surface area contributed by atoms with E-state index in [9.17, 15) is 18.0 Å². The van der Waals surface area contributed by atoms with Crippen molar-refractivity contribution in [2.45, 2.75) is 6.18 Å². The quantitative estimate of drug-likeness (QED) is 0.791. The van der Waals surface area contributed by atoms with Crippen molar-refractivity contribution >= 4 is 17.3 Å². The molecule has 0 spiro atoms. The highest BCUT2D eigenvalue weighted by atomic mass is 32.1. The fourth-order valence-corrected chi connectivity index (χ4v) is 1.60. The number of nitriles is 1. The van der Waals surface area contributed by atoms with Crippen molar-refractivity contribution in [3.8, 4) is 6.07 Å². The van der Waals surface area contributed by atoms with E-state index in [-0.39, 0.29) is 11.3 Å². The number of aromatic carboxylic acids is 1. The van der Waals surface area contributed by atoms with Crippen LogP contribution in [0.3, 0.4) is 0 Å². The largest absolute Gasteiger partial charge is 0.477 e. The normalized spacial score (nSPS) is 11.0. The van der Waals surface area contributed by atoms with Crippen LogP contribution in [-0.2, 0) is 6.18 Å². The summed E-state index contributed by atoms with van der Waals surface area (Å²) < 4.78 is 36.5. The van der Waals surface area contributed by atoms with Crippen molar-refractivity contribution in [1.82, 2.24) is 0 Å². The van der Waals surface area contributed by atoms with Gasteiger partial charge >= 0.3 is 12.1 Å². The van der Waals surface area contributed by atoms with Gasteiger partial charge in [0, 0.05) is 0 Å². The van der Waals surface area contributed by atoms with Crippen molar-refractivity contribution in [2.24, 2.45) is 0 Å². The standard InChI is InChI=1S/C7H2F3NO2S/c8-7(9,10)5-3(2-11)1-4(14-5)6(12)13/h1H,(H,12,13). The second-order valence-corrected chi connectivity index (χ2v) is 3.32. The number of thiophene rings is 1. The molecule has 0 unspecified atom stereocenters. The minimum absolute atomic E-state index is 0.0521. The number of carboxylic acid groups (broad SMARTS) is 1. The van der Waals surface area contributed by atoms with E-state index in [4.69, 9.17) is 10.4 Å². The molecule has 0 aromatic carbocycles. The molecule has 0 aliphatic heterocycles. The lowest BCUT2D eigenvalue weighted by atomic mass is 10.2. The van der Waals surface area contributed by atoms with Gasteiger partial charge in [-0.15, -0.1) is 11.3 Å². The Balaban J connectivity index is 3.31. The third kappa shape index (κ3) is 1.85. The summed E-state index contributed by atoms with van der Waals surface area (Å²) in [5.41, 5.74) is -0.653. The maximum absolute atomic E-state index is 12.2. The Kier molecular flexibility index (Phi) is 2.49. The number of rotatable bonds is 1. The van der Waals surface area contributed by atoms with Gasteiger partial charge in [0.05, 0.1) is 5.56 Å². The van der Waals surface area contributed by atoms with Crippen LogP contribution in [-0.4, -0.2) is 11.1 Å². The number of carboxylic acids is 1. The van der Waals surface area contributed by atoms with Gasteiger partial charge in [0.15, 0.2) is 0 Å². The van der Waals surface area contributed by atoms with Crippen molar-refractivity contribution in [2.75, 3.05) is 0 Å². The third-order valence-corrected chi connectivity index (χ3v) is 2.49. The van der Waals surface area contributed by atoms with Gasteiger partial charge in [-0.05, 0) is 6.07 Å². The van der Waals surface area contributed by atoms with Crippen LogP contribution in [0.1, 0.15) is 20.1 Å². The zero-order valence-electron chi connectivity index (χ0n) is 6.42. The maximum Gasteiger partial charge on any atom is 0.426 e. The van der Waals surface area contributed by atoms with E-state index in [2.05, 4.69) is 0 Å². The molecule has 0 bridgehead atoms. The fourth-order valence-electron chi connectivity index (χ4n) is 0.790. The van der Waals surface area contributed by atoms with Gasteiger partial charge in [-0.3, -0.25) is 0 Å². The Morgan fingerprint density at radius 2 is 2.14 bits per heavy atom. The summed E-state index contributed by atoms with van der Waals surface area (Å²) >= 11 is 0.0521. The number of nitrogens with zero attached hydrogens (tertiary/aromatic N) is 1. The topological polar surface area (TPSA) is 61.1 Å². The Labute approximate surface area is 80.0 Å². The summed E-state index contributed by atoms with van der Waals surface area (Å²) in [5.74, 6) is -1.47. The van der Waals surface area contributed by atoms with E-state index >= 15 is 0 Å². The first kappa shape index (κ1) is 10.5. The third-order valence-electron chi connectivity index (χ3n) is 1.32. The van der Waals surface area contributed by atoms with Gasteiger partial charge in [0.2, 0.25) is 0 Å². The number of hydrogen-bond donors (Lipinski definition) is 1. The summed E-state index contributed by atoms with van der Waals surface area (Å²) in [6.07, 6.45) is -4.68. The van der Waals surface area contributed by atoms with E-state index in [0.29, 0.717) is 0 Å². The van der Waals surface area contributed by atoms with E-state index in [1.807, 2.05) is 0 Å². The molecule has 3 nitrogen and oxygen atoms in total. The Morgan fingerprint density at radius 1 is 1.57 bits per heavy atom. The zero-order chi connectivity index (χ0) is 10.9. The number of carbonyl (C=O) groups is 1. The van der Waals surface area contributed by atoms with E-state index in [1.165, 1.54) is 6.07 Å². The highest BCUT2D eigenvalue weighted by Gasteiger charge is 2.36. The molecule has 0 atom stereocenters. The average Bonchev–Trinajstić information content (AvgIpc) is 2.46. The fraction of sp³-hybridized carbons (Fsp3) is 0.143. The summed E-state index contributed by atoms with van der Waals surface area (Å²) in [5, 5.41) is 16.8. The predicted molar refractivity (Wildman–Crippen MR) is 41.0 cm³/mol. The molecule has 0 saturated heterocycles. The lowest BCUT2D eigenvalue weighted by Crippen LogP contribution is -2.03. The molecule has 0 saturated carbocycles. The highest BCUT2D eigenvalue weighted by Crippen LogP contribution is 2.37. The molecule has 0 aliphatic rings. The van der Waals surface area contributed by atoms with Crippen LogP contribution >= 0.6 is 11.3 Å². The van der Waals surface area contributed by atoms with Crippen LogP contribution in [0.15, 0.2) is 6.07 Å². The number of hydrogen-bond acceptors (Lipinski definition) is 3. The lowest BCUT2D eigenvalue weighted by molar-refractivity contribution is -0.134. The average molecular weight is 221 g/mol. The van der Waals surface area contributed by atoms with Crippen molar-refractivity contribution < 1.29 is 23.1 Å². The van der Waals surface area contributed by atoms with Gasteiger partial charge in [-0.1, -0.05) is 0 Å². The Bertz CT molecular complexity index is 416. The molecular formula is C7H2F3NO2S. The summed E-state index contributed by atoms with van der Waals surface area (Å²) in [7, 11) is 0. The molecule has 0 fully saturated rings. The molecule has 74 valence electrons. The van der Waals surface area contributed by atoms with Gasteiger partial charge in [-0.25, -0.2) is 4.79 Å². The first-order valence-corrected chi connectivity index (χ1v) is 4.02. The molecule has 1 N–H and O–H groups in total. The van der Waals surface area contributed by atoms with Gasteiger partial charge in [0.1, 0.15) is 15.8 Å². The van der Waals surface area contributed by atoms with Crippen molar-refractivity contribution in [1.29, 1.82) is 5.26 Å². The zero-order valence-corrected chi connectivity index (χ0v) is 7.24. The first-order valence-electron chi connectivity index (χ1n) is 3.20. The van der Waals surface area contributed by atoms with Crippen LogP contribution < -0.4 is 0 Å². The first-order chi connectivity index (χ1) is 6.36. The molecule has 1 heterocycles. The smallest absolute Gasteiger partial charge is 0.426 e. The molecule has 7 heteroatoms. The second kappa shape index (κ2) is 3.31. The Hall–Kier alpha value is -1.55. The van der Waals surface area contributed by atoms with Crippen LogP contribution in [0.4, 0.5) is 13.2 Å². The van der Waals surface area contributed by atoms with Gasteiger partial charge < -0.3 is 5.11 Å². The maximum atomic E-state index is 12.2. The second-order valence-electron chi connectivity index (χ2n) is 2.27. The molecule has 0 amide bonds. The summed E-state index contributed by atoms with van der Waals surface area (Å²) in [6.45, 7) is 0. The number of halogens is 3. The SMILES string of the molecule is N#Cc1cc(C(=O)O)sc1C(F)(F)F. The minimum Gasteiger partial charge on any atom is -0.477 e. The number of alkyl halides is 3. The predicted octanol–water partition coefficient (Wildman–Crippen LogP) is 2.34. The minimum atomic E-state index is -4.68. The molecule has 14 heavy (non-hydrogen) atoms. The van der Waals surface area contributed by atoms with Crippen LogP contribution in [0.2, 0.25) is 0 Å². The van der Waals surface area contributed by atoms with E-state index < -0.39 is 27.5 Å². The lowest BCUT2D eigenvalue weighted by Gasteiger charge is -2.01. The monoisotopic (exact) mass is 221 g/mol. The van der Waals surface area contributed by atoms with Gasteiger partial charge in [0.25, 0.3) is 0 Å². The molecular weight excluding hydrogens is 219 g/mol. The van der Waals surface area contributed by atoms with Crippen molar-refractivity contribution in [3.63, 3.8) is 0 Å². The highest BCUT2D eigenvalue weighted by molar-refractivity contribution is 7.14. The molecule has 1 aromatic rings. The van der Waals surface area contributed by atoms with Crippen molar-refractivity contribution in [3.05, 3.63) is 21.4 Å². The molecule has 1 rings (SSSR count). The summed E-state index contributed by atoms with van der Waals surface area (Å²) in [4.78, 5) is 8.68. The van der Waals surface area contributed by atoms with E-state index in [1.54, 1.807) is 0 Å². The van der Waals surface area contributed by atoms with E-state index in [0.717, 1.165) is 6.07 Å². The molecule has 0 radical (unpaired) electrons. The molecule has 1 aromatic heterocycles. The summed E-state index contributed by atoms with van der Waals surface area (Å²) in [6, 6.07) is 2.02. The Morgan fingerprint density at radius 3 is 2.43 bits per heavy atom. The van der Waals surface area contributed by atoms with Gasteiger partial charge in [-0.2, -0.15) is 18.4 Å².